The highest BCUT2D eigenvalue weighted by Gasteiger charge is 2.44. The van der Waals surface area contributed by atoms with Crippen molar-refractivity contribution in [2.45, 2.75) is 58.1 Å². The second-order valence-corrected chi connectivity index (χ2v) is 7.21. The first-order valence-electron chi connectivity index (χ1n) is 7.66. The lowest BCUT2D eigenvalue weighted by Gasteiger charge is -2.39. The number of carboxylic acids is 1. The van der Waals surface area contributed by atoms with E-state index < -0.39 is 23.1 Å². The second-order valence-electron chi connectivity index (χ2n) is 7.21. The van der Waals surface area contributed by atoms with Gasteiger partial charge in [-0.25, -0.2) is 4.79 Å². The third-order valence-electron chi connectivity index (χ3n) is 4.24. The van der Waals surface area contributed by atoms with Crippen LogP contribution >= 0.6 is 0 Å². The average molecular weight is 298 g/mol. The molecule has 2 rings (SSSR count). The van der Waals surface area contributed by atoms with Gasteiger partial charge in [0.05, 0.1) is 5.41 Å². The number of alkyl carbamates (subject to hydrolysis) is 1. The Balaban J connectivity index is 1.87. The van der Waals surface area contributed by atoms with Crippen molar-refractivity contribution in [1.82, 2.24) is 10.2 Å². The molecule has 1 aliphatic carbocycles. The van der Waals surface area contributed by atoms with Gasteiger partial charge < -0.3 is 20.1 Å². The van der Waals surface area contributed by atoms with Gasteiger partial charge in [0.25, 0.3) is 0 Å². The Kier molecular flexibility index (Phi) is 4.46. The summed E-state index contributed by atoms with van der Waals surface area (Å²) < 4.78 is 5.17. The number of carbonyl (C=O) groups is 2. The highest BCUT2D eigenvalue weighted by Crippen LogP contribution is 2.36. The third-order valence-corrected chi connectivity index (χ3v) is 4.24. The largest absolute Gasteiger partial charge is 0.481 e. The number of rotatable bonds is 4. The number of amides is 1. The second kappa shape index (κ2) is 5.83. The normalized spacial score (nSPS) is 22.6. The molecule has 21 heavy (non-hydrogen) atoms. The Morgan fingerprint density at radius 2 is 1.86 bits per heavy atom. The van der Waals surface area contributed by atoms with Crippen LogP contribution in [0.25, 0.3) is 0 Å². The molecule has 0 aromatic carbocycles. The van der Waals surface area contributed by atoms with Crippen molar-refractivity contribution >= 4 is 12.1 Å². The highest BCUT2D eigenvalue weighted by atomic mass is 16.6. The van der Waals surface area contributed by atoms with Crippen LogP contribution in [0.3, 0.4) is 0 Å². The van der Waals surface area contributed by atoms with Crippen LogP contribution < -0.4 is 5.32 Å². The molecule has 120 valence electrons. The molecular weight excluding hydrogens is 272 g/mol. The van der Waals surface area contributed by atoms with Crippen LogP contribution in [0.1, 0.15) is 46.5 Å². The number of hydrogen-bond donors (Lipinski definition) is 2. The van der Waals surface area contributed by atoms with Crippen LogP contribution in [0.15, 0.2) is 0 Å². The molecule has 0 atom stereocenters. The highest BCUT2D eigenvalue weighted by molar-refractivity contribution is 5.76. The molecule has 2 aliphatic rings. The van der Waals surface area contributed by atoms with Gasteiger partial charge in [-0.05, 0) is 59.5 Å². The lowest BCUT2D eigenvalue weighted by Crippen LogP contribution is -2.51. The fraction of sp³-hybridized carbons (Fsp3) is 0.867. The van der Waals surface area contributed by atoms with Crippen LogP contribution in [0.4, 0.5) is 4.79 Å². The number of aliphatic carboxylic acids is 1. The van der Waals surface area contributed by atoms with E-state index in [4.69, 9.17) is 4.74 Å². The van der Waals surface area contributed by atoms with E-state index in [-0.39, 0.29) is 6.54 Å². The predicted octanol–water partition coefficient (Wildman–Crippen LogP) is 1.84. The zero-order valence-electron chi connectivity index (χ0n) is 13.1. The van der Waals surface area contributed by atoms with Gasteiger partial charge in [0.1, 0.15) is 5.60 Å². The van der Waals surface area contributed by atoms with E-state index >= 15 is 0 Å². The number of nitrogens with one attached hydrogen (secondary N) is 1. The third kappa shape index (κ3) is 4.33. The quantitative estimate of drug-likeness (QED) is 0.828. The topological polar surface area (TPSA) is 78.9 Å². The molecule has 0 spiro atoms. The first kappa shape index (κ1) is 16.1. The van der Waals surface area contributed by atoms with E-state index in [0.717, 1.165) is 13.1 Å². The standard InChI is InChI=1S/C15H26N2O4/c1-14(2,3)21-13(20)16-10-15(12(18)19)6-8-17(9-7-15)11-4-5-11/h11H,4-10H2,1-3H3,(H,16,20)(H,18,19). The molecule has 2 fully saturated rings. The summed E-state index contributed by atoms with van der Waals surface area (Å²) in [5.74, 6) is -0.825. The summed E-state index contributed by atoms with van der Waals surface area (Å²) >= 11 is 0. The number of piperidine rings is 1. The van der Waals surface area contributed by atoms with E-state index in [1.54, 1.807) is 20.8 Å². The maximum Gasteiger partial charge on any atom is 0.407 e. The van der Waals surface area contributed by atoms with E-state index in [2.05, 4.69) is 10.2 Å². The fourth-order valence-electron chi connectivity index (χ4n) is 2.78. The van der Waals surface area contributed by atoms with Gasteiger partial charge in [0.15, 0.2) is 0 Å². The molecule has 0 aromatic rings. The molecule has 1 amide bonds. The summed E-state index contributed by atoms with van der Waals surface area (Å²) in [6, 6.07) is 0.663. The summed E-state index contributed by atoms with van der Waals surface area (Å²) in [7, 11) is 0. The summed E-state index contributed by atoms with van der Waals surface area (Å²) in [6.45, 7) is 7.09. The molecule has 0 unspecified atom stereocenters. The van der Waals surface area contributed by atoms with Crippen LogP contribution in [0.5, 0.6) is 0 Å². The Hall–Kier alpha value is -1.30. The summed E-state index contributed by atoms with van der Waals surface area (Å²) in [5.41, 5.74) is -1.43. The zero-order chi connectivity index (χ0) is 15.7. The van der Waals surface area contributed by atoms with Crippen molar-refractivity contribution in [3.05, 3.63) is 0 Å². The Morgan fingerprint density at radius 1 is 1.29 bits per heavy atom. The van der Waals surface area contributed by atoms with Gasteiger partial charge in [-0.3, -0.25) is 4.79 Å². The van der Waals surface area contributed by atoms with Gasteiger partial charge in [0.2, 0.25) is 0 Å². The maximum atomic E-state index is 11.7. The molecule has 0 radical (unpaired) electrons. The number of carbonyl (C=O) groups excluding carboxylic acids is 1. The molecule has 1 aliphatic heterocycles. The van der Waals surface area contributed by atoms with Gasteiger partial charge in [0, 0.05) is 12.6 Å². The minimum atomic E-state index is -0.859. The van der Waals surface area contributed by atoms with Crippen molar-refractivity contribution in [3.8, 4) is 0 Å². The molecular formula is C15H26N2O4. The summed E-state index contributed by atoms with van der Waals surface area (Å²) in [5, 5.41) is 12.2. The van der Waals surface area contributed by atoms with Crippen LogP contribution in [-0.4, -0.2) is 53.3 Å². The number of nitrogens with zero attached hydrogens (tertiary/aromatic N) is 1. The Bertz CT molecular complexity index is 404. The van der Waals surface area contributed by atoms with Crippen molar-refractivity contribution < 1.29 is 19.4 Å². The Morgan fingerprint density at radius 3 is 2.29 bits per heavy atom. The van der Waals surface area contributed by atoms with Crippen molar-refractivity contribution in [2.24, 2.45) is 5.41 Å². The number of hydrogen-bond acceptors (Lipinski definition) is 4. The Labute approximate surface area is 125 Å². The molecule has 6 heteroatoms. The average Bonchev–Trinajstić information content (AvgIpc) is 3.19. The van der Waals surface area contributed by atoms with Gasteiger partial charge in [-0.15, -0.1) is 0 Å². The van der Waals surface area contributed by atoms with Crippen LogP contribution in [-0.2, 0) is 9.53 Å². The molecule has 1 saturated heterocycles. The van der Waals surface area contributed by atoms with E-state index in [1.807, 2.05) is 0 Å². The first-order chi connectivity index (χ1) is 9.72. The molecule has 0 aromatic heterocycles. The van der Waals surface area contributed by atoms with Crippen LogP contribution in [0.2, 0.25) is 0 Å². The summed E-state index contributed by atoms with van der Waals surface area (Å²) in [4.78, 5) is 25.7. The van der Waals surface area contributed by atoms with E-state index in [1.165, 1.54) is 12.8 Å². The molecule has 0 bridgehead atoms. The maximum absolute atomic E-state index is 11.7. The van der Waals surface area contributed by atoms with Gasteiger partial charge in [-0.2, -0.15) is 0 Å². The number of ether oxygens (including phenoxy) is 1. The SMILES string of the molecule is CC(C)(C)OC(=O)NCC1(C(=O)O)CCN(C2CC2)CC1. The number of carboxylic acid groups (broad SMARTS) is 1. The first-order valence-corrected chi connectivity index (χ1v) is 7.66. The van der Waals surface area contributed by atoms with Gasteiger partial charge in [-0.1, -0.05) is 0 Å². The molecule has 1 heterocycles. The van der Waals surface area contributed by atoms with Crippen molar-refractivity contribution in [1.29, 1.82) is 0 Å². The van der Waals surface area contributed by atoms with Gasteiger partial charge >= 0.3 is 12.1 Å². The smallest absolute Gasteiger partial charge is 0.407 e. The molecule has 2 N–H and O–H groups in total. The zero-order valence-corrected chi connectivity index (χ0v) is 13.1. The van der Waals surface area contributed by atoms with Crippen molar-refractivity contribution in [2.75, 3.05) is 19.6 Å². The summed E-state index contributed by atoms with van der Waals surface area (Å²) in [6.07, 6.45) is 3.07. The molecule has 1 saturated carbocycles. The molecule has 6 nitrogen and oxygen atoms in total. The monoisotopic (exact) mass is 298 g/mol. The minimum Gasteiger partial charge on any atom is -0.481 e. The van der Waals surface area contributed by atoms with Crippen LogP contribution in [0, 0.1) is 5.41 Å². The fourth-order valence-corrected chi connectivity index (χ4v) is 2.78. The minimum absolute atomic E-state index is 0.135. The van der Waals surface area contributed by atoms with E-state index in [9.17, 15) is 14.7 Å². The number of likely N-dealkylation sites (tertiary alicyclic amines) is 1. The van der Waals surface area contributed by atoms with Crippen molar-refractivity contribution in [3.63, 3.8) is 0 Å². The predicted molar refractivity (Wildman–Crippen MR) is 78.1 cm³/mol. The lowest BCUT2D eigenvalue weighted by atomic mass is 9.78. The van der Waals surface area contributed by atoms with E-state index in [0.29, 0.717) is 18.9 Å². The lowest BCUT2D eigenvalue weighted by molar-refractivity contribution is -0.151.